The van der Waals surface area contributed by atoms with Gasteiger partial charge in [-0.3, -0.25) is 0 Å². The monoisotopic (exact) mass is 266 g/mol. The molecule has 0 spiro atoms. The van der Waals surface area contributed by atoms with Crippen LogP contribution in [0.2, 0.25) is 0 Å². The van der Waals surface area contributed by atoms with Crippen LogP contribution in [-0.4, -0.2) is 68.8 Å². The average Bonchev–Trinajstić information content (AvgIpc) is 2.12. The van der Waals surface area contributed by atoms with Crippen LogP contribution >= 0.6 is 0 Å². The fraction of sp³-hybridized carbons (Fsp3) is 1.00. The second-order valence-corrected chi connectivity index (χ2v) is 7.65. The van der Waals surface area contributed by atoms with Crippen LogP contribution in [0.25, 0.3) is 0 Å². The van der Waals surface area contributed by atoms with Crippen LogP contribution in [0.5, 0.6) is 0 Å². The summed E-state index contributed by atoms with van der Waals surface area (Å²) < 4.78 is 22.1. The van der Waals surface area contributed by atoms with E-state index in [0.717, 1.165) is 0 Å². The van der Waals surface area contributed by atoms with Crippen molar-refractivity contribution in [2.24, 2.45) is 0 Å². The summed E-state index contributed by atoms with van der Waals surface area (Å²) >= 11 is 0. The van der Waals surface area contributed by atoms with E-state index in [-0.39, 0.29) is 18.4 Å². The molecule has 0 amide bonds. The van der Waals surface area contributed by atoms with Crippen molar-refractivity contribution in [1.29, 1.82) is 0 Å². The summed E-state index contributed by atoms with van der Waals surface area (Å²) in [6, 6.07) is 0.274. The summed E-state index contributed by atoms with van der Waals surface area (Å²) in [7, 11) is -1.07. The number of sulfone groups is 1. The van der Waals surface area contributed by atoms with Gasteiger partial charge in [-0.25, -0.2) is 8.42 Å². The predicted molar refractivity (Wildman–Crippen MR) is 71.0 cm³/mol. The summed E-state index contributed by atoms with van der Waals surface area (Å²) in [5, 5.41) is 12.7. The lowest BCUT2D eigenvalue weighted by Crippen LogP contribution is -2.56. The van der Waals surface area contributed by atoms with Crippen molar-refractivity contribution in [2.75, 3.05) is 38.8 Å². The molecular formula is C11H26N2O3S. The third-order valence-electron chi connectivity index (χ3n) is 2.45. The maximum Gasteiger partial charge on any atom is 0.148 e. The van der Waals surface area contributed by atoms with Crippen molar-refractivity contribution >= 4 is 9.84 Å². The maximum atomic E-state index is 11.1. The minimum atomic E-state index is -2.93. The van der Waals surface area contributed by atoms with Gasteiger partial charge < -0.3 is 15.3 Å². The molecule has 0 aromatic carbocycles. The molecule has 0 saturated carbocycles. The van der Waals surface area contributed by atoms with E-state index in [2.05, 4.69) is 5.32 Å². The van der Waals surface area contributed by atoms with Gasteiger partial charge in [0.15, 0.2) is 0 Å². The lowest BCUT2D eigenvalue weighted by atomic mass is 10.0. The van der Waals surface area contributed by atoms with Crippen LogP contribution in [0.15, 0.2) is 0 Å². The topological polar surface area (TPSA) is 69.6 Å². The molecule has 0 aliphatic rings. The van der Waals surface area contributed by atoms with E-state index >= 15 is 0 Å². The molecule has 2 N–H and O–H groups in total. The first-order valence-electron chi connectivity index (χ1n) is 5.83. The standard InChI is InChI=1S/C11H26N2O3S/c1-10(2)12-11(3,9-14)8-13(4)6-7-17(5,15)16/h10,12,14H,6-9H2,1-5H3. The summed E-state index contributed by atoms with van der Waals surface area (Å²) in [4.78, 5) is 1.92. The fourth-order valence-corrected chi connectivity index (χ4v) is 2.48. The van der Waals surface area contributed by atoms with Crippen LogP contribution in [0.3, 0.4) is 0 Å². The Labute approximate surface area is 105 Å². The molecule has 5 nitrogen and oxygen atoms in total. The maximum absolute atomic E-state index is 11.1. The molecule has 1 unspecified atom stereocenters. The SMILES string of the molecule is CC(C)NC(C)(CO)CN(C)CCS(C)(=O)=O. The van der Waals surface area contributed by atoms with Crippen molar-refractivity contribution in [3.63, 3.8) is 0 Å². The van der Waals surface area contributed by atoms with Crippen LogP contribution in [0.1, 0.15) is 20.8 Å². The number of nitrogens with one attached hydrogen (secondary N) is 1. The average molecular weight is 266 g/mol. The second kappa shape index (κ2) is 6.68. The van der Waals surface area contributed by atoms with Crippen LogP contribution < -0.4 is 5.32 Å². The number of hydrogen-bond acceptors (Lipinski definition) is 5. The van der Waals surface area contributed by atoms with Crippen molar-refractivity contribution in [3.8, 4) is 0 Å². The Bertz CT molecular complexity index is 317. The van der Waals surface area contributed by atoms with Crippen molar-refractivity contribution in [2.45, 2.75) is 32.4 Å². The molecule has 0 heterocycles. The Kier molecular flexibility index (Phi) is 6.61. The molecule has 17 heavy (non-hydrogen) atoms. The number of hydrogen-bond donors (Lipinski definition) is 2. The zero-order valence-corrected chi connectivity index (χ0v) is 12.3. The molecular weight excluding hydrogens is 240 g/mol. The van der Waals surface area contributed by atoms with Crippen LogP contribution in [0, 0.1) is 0 Å². The number of nitrogens with zero attached hydrogens (tertiary/aromatic N) is 1. The number of aliphatic hydroxyl groups excluding tert-OH is 1. The van der Waals surface area contributed by atoms with Gasteiger partial charge >= 0.3 is 0 Å². The van der Waals surface area contributed by atoms with E-state index in [1.165, 1.54) is 6.26 Å². The van der Waals surface area contributed by atoms with Gasteiger partial charge in [0.1, 0.15) is 9.84 Å². The Morgan fingerprint density at radius 3 is 2.29 bits per heavy atom. The first kappa shape index (κ1) is 16.8. The minimum Gasteiger partial charge on any atom is -0.394 e. The van der Waals surface area contributed by atoms with E-state index < -0.39 is 15.4 Å². The second-order valence-electron chi connectivity index (χ2n) is 5.39. The largest absolute Gasteiger partial charge is 0.394 e. The van der Waals surface area contributed by atoms with Crippen LogP contribution in [0.4, 0.5) is 0 Å². The van der Waals surface area contributed by atoms with Gasteiger partial charge in [-0.2, -0.15) is 0 Å². The molecule has 0 rings (SSSR count). The zero-order chi connectivity index (χ0) is 13.7. The fourth-order valence-electron chi connectivity index (χ4n) is 1.83. The van der Waals surface area contributed by atoms with E-state index in [1.807, 2.05) is 32.7 Å². The number of rotatable bonds is 8. The molecule has 0 saturated heterocycles. The Hall–Kier alpha value is -0.170. The normalized spacial score (nSPS) is 16.5. The summed E-state index contributed by atoms with van der Waals surface area (Å²) in [6.45, 7) is 7.08. The lowest BCUT2D eigenvalue weighted by molar-refractivity contribution is 0.127. The van der Waals surface area contributed by atoms with E-state index in [9.17, 15) is 13.5 Å². The highest BCUT2D eigenvalue weighted by Crippen LogP contribution is 2.06. The van der Waals surface area contributed by atoms with E-state index in [4.69, 9.17) is 0 Å². The highest BCUT2D eigenvalue weighted by Gasteiger charge is 2.25. The quantitative estimate of drug-likeness (QED) is 0.632. The molecule has 0 bridgehead atoms. The number of aliphatic hydroxyl groups is 1. The Morgan fingerprint density at radius 2 is 1.94 bits per heavy atom. The van der Waals surface area contributed by atoms with Gasteiger partial charge in [0, 0.05) is 25.4 Å². The third-order valence-corrected chi connectivity index (χ3v) is 3.37. The molecule has 104 valence electrons. The molecule has 0 radical (unpaired) electrons. The Balaban J connectivity index is 4.28. The van der Waals surface area contributed by atoms with Gasteiger partial charge in [-0.1, -0.05) is 13.8 Å². The van der Waals surface area contributed by atoms with Crippen LogP contribution in [-0.2, 0) is 9.84 Å². The van der Waals surface area contributed by atoms with Gasteiger partial charge in [0.2, 0.25) is 0 Å². The van der Waals surface area contributed by atoms with Crippen molar-refractivity contribution in [3.05, 3.63) is 0 Å². The summed E-state index contributed by atoms with van der Waals surface area (Å²) in [5.74, 6) is 0.146. The molecule has 0 aliphatic carbocycles. The molecule has 0 fully saturated rings. The minimum absolute atomic E-state index is 0.0222. The number of likely N-dealkylation sites (N-methyl/N-ethyl adjacent to an activating group) is 1. The highest BCUT2D eigenvalue weighted by atomic mass is 32.2. The first-order chi connectivity index (χ1) is 7.58. The van der Waals surface area contributed by atoms with Gasteiger partial charge in [-0.15, -0.1) is 0 Å². The van der Waals surface area contributed by atoms with E-state index in [0.29, 0.717) is 13.1 Å². The summed E-state index contributed by atoms with van der Waals surface area (Å²) in [5.41, 5.74) is -0.402. The Morgan fingerprint density at radius 1 is 1.41 bits per heavy atom. The lowest BCUT2D eigenvalue weighted by Gasteiger charge is -2.35. The molecule has 0 aliphatic heterocycles. The molecule has 1 atom stereocenters. The molecule has 6 heteroatoms. The van der Waals surface area contributed by atoms with E-state index in [1.54, 1.807) is 0 Å². The molecule has 0 aromatic rings. The molecule has 0 aromatic heterocycles. The van der Waals surface area contributed by atoms with Crippen molar-refractivity contribution in [1.82, 2.24) is 10.2 Å². The van der Waals surface area contributed by atoms with Crippen molar-refractivity contribution < 1.29 is 13.5 Å². The zero-order valence-electron chi connectivity index (χ0n) is 11.5. The van der Waals surface area contributed by atoms with Gasteiger partial charge in [0.05, 0.1) is 17.9 Å². The third kappa shape index (κ3) is 8.54. The first-order valence-corrected chi connectivity index (χ1v) is 7.89. The summed E-state index contributed by atoms with van der Waals surface area (Å²) in [6.07, 6.45) is 1.23. The van der Waals surface area contributed by atoms with Gasteiger partial charge in [0.25, 0.3) is 0 Å². The predicted octanol–water partition coefficient (Wildman–Crippen LogP) is -0.288. The smallest absolute Gasteiger partial charge is 0.148 e. The van der Waals surface area contributed by atoms with Gasteiger partial charge in [-0.05, 0) is 14.0 Å². The highest BCUT2D eigenvalue weighted by molar-refractivity contribution is 7.90.